The molecule has 1 atom stereocenters. The monoisotopic (exact) mass is 343 g/mol. The molecule has 2 heterocycles. The van der Waals surface area contributed by atoms with E-state index in [2.05, 4.69) is 21.2 Å². The number of amides is 1. The Labute approximate surface area is 150 Å². The Bertz CT molecular complexity index is 596. The summed E-state index contributed by atoms with van der Waals surface area (Å²) in [5.41, 5.74) is 1.98. The number of rotatable bonds is 6. The van der Waals surface area contributed by atoms with Gasteiger partial charge in [-0.2, -0.15) is 0 Å². The van der Waals surface area contributed by atoms with Gasteiger partial charge in [-0.15, -0.1) is 0 Å². The van der Waals surface area contributed by atoms with Gasteiger partial charge in [0.2, 0.25) is 0 Å². The second-order valence-electron chi connectivity index (χ2n) is 7.61. The van der Waals surface area contributed by atoms with E-state index in [0.717, 1.165) is 37.8 Å². The third-order valence-electron chi connectivity index (χ3n) is 5.52. The highest BCUT2D eigenvalue weighted by molar-refractivity contribution is 5.94. The fraction of sp³-hybridized carbons (Fsp3) is 0.650. The minimum atomic E-state index is 0.00965. The molecule has 2 aliphatic heterocycles. The third kappa shape index (κ3) is 4.60. The van der Waals surface area contributed by atoms with Crippen molar-refractivity contribution in [3.63, 3.8) is 0 Å². The van der Waals surface area contributed by atoms with Crippen LogP contribution in [0.15, 0.2) is 24.3 Å². The SMILES string of the molecule is O=C(NC[C@@H]1CN(C2CC2)CCO1)c1cccc(CN2CCCC2)c1. The Morgan fingerprint density at radius 2 is 2.04 bits per heavy atom. The van der Waals surface area contributed by atoms with E-state index in [1.807, 2.05) is 18.2 Å². The molecule has 1 amide bonds. The number of carbonyl (C=O) groups is 1. The standard InChI is InChI=1S/C20H29N3O2/c24-20(21-13-19-15-23(10-11-25-19)18-6-7-18)17-5-3-4-16(12-17)14-22-8-1-2-9-22/h3-5,12,18-19H,1-2,6-11,13-15H2,(H,21,24)/t19-/m1/s1. The number of hydrogen-bond donors (Lipinski definition) is 1. The fourth-order valence-corrected chi connectivity index (χ4v) is 3.96. The normalized spacial score (nSPS) is 25.2. The molecule has 5 heteroatoms. The zero-order valence-corrected chi connectivity index (χ0v) is 15.0. The van der Waals surface area contributed by atoms with Gasteiger partial charge in [0.1, 0.15) is 0 Å². The minimum absolute atomic E-state index is 0.00965. The molecule has 3 aliphatic rings. The van der Waals surface area contributed by atoms with Crippen LogP contribution >= 0.6 is 0 Å². The Morgan fingerprint density at radius 3 is 2.84 bits per heavy atom. The zero-order valence-electron chi connectivity index (χ0n) is 15.0. The first-order valence-electron chi connectivity index (χ1n) is 9.73. The van der Waals surface area contributed by atoms with E-state index >= 15 is 0 Å². The largest absolute Gasteiger partial charge is 0.374 e. The van der Waals surface area contributed by atoms with Crippen molar-refractivity contribution in [3.8, 4) is 0 Å². The zero-order chi connectivity index (χ0) is 17.1. The summed E-state index contributed by atoms with van der Waals surface area (Å²) in [7, 11) is 0. The van der Waals surface area contributed by atoms with Gasteiger partial charge in [0, 0.05) is 37.8 Å². The molecular formula is C20H29N3O2. The minimum Gasteiger partial charge on any atom is -0.374 e. The van der Waals surface area contributed by atoms with Gasteiger partial charge in [0.25, 0.3) is 5.91 Å². The first-order chi connectivity index (χ1) is 12.3. The van der Waals surface area contributed by atoms with Crippen LogP contribution in [-0.4, -0.2) is 67.2 Å². The molecule has 1 aromatic carbocycles. The molecule has 1 aliphatic carbocycles. The van der Waals surface area contributed by atoms with Gasteiger partial charge >= 0.3 is 0 Å². The highest BCUT2D eigenvalue weighted by Gasteiger charge is 2.33. The number of morpholine rings is 1. The number of nitrogens with zero attached hydrogens (tertiary/aromatic N) is 2. The number of hydrogen-bond acceptors (Lipinski definition) is 4. The predicted molar refractivity (Wildman–Crippen MR) is 97.6 cm³/mol. The maximum atomic E-state index is 12.5. The van der Waals surface area contributed by atoms with Crippen molar-refractivity contribution in [2.45, 2.75) is 44.4 Å². The smallest absolute Gasteiger partial charge is 0.251 e. The molecular weight excluding hydrogens is 314 g/mol. The summed E-state index contributed by atoms with van der Waals surface area (Å²) in [6, 6.07) is 8.82. The second-order valence-corrected chi connectivity index (χ2v) is 7.61. The van der Waals surface area contributed by atoms with E-state index in [0.29, 0.717) is 6.54 Å². The van der Waals surface area contributed by atoms with Crippen molar-refractivity contribution in [2.24, 2.45) is 0 Å². The van der Waals surface area contributed by atoms with E-state index in [1.165, 1.54) is 44.3 Å². The Hall–Kier alpha value is -1.43. The van der Waals surface area contributed by atoms with Gasteiger partial charge in [0.15, 0.2) is 0 Å². The van der Waals surface area contributed by atoms with Gasteiger partial charge in [-0.25, -0.2) is 0 Å². The van der Waals surface area contributed by atoms with Crippen LogP contribution in [0.3, 0.4) is 0 Å². The quantitative estimate of drug-likeness (QED) is 0.857. The van der Waals surface area contributed by atoms with Crippen LogP contribution in [0.2, 0.25) is 0 Å². The van der Waals surface area contributed by atoms with E-state index in [1.54, 1.807) is 0 Å². The molecule has 0 radical (unpaired) electrons. The first-order valence-corrected chi connectivity index (χ1v) is 9.73. The van der Waals surface area contributed by atoms with Crippen LogP contribution in [-0.2, 0) is 11.3 Å². The Morgan fingerprint density at radius 1 is 1.20 bits per heavy atom. The average molecular weight is 343 g/mol. The first kappa shape index (κ1) is 17.0. The molecule has 0 spiro atoms. The number of likely N-dealkylation sites (tertiary alicyclic amines) is 1. The molecule has 0 bridgehead atoms. The Balaban J connectivity index is 1.28. The topological polar surface area (TPSA) is 44.8 Å². The summed E-state index contributed by atoms with van der Waals surface area (Å²) < 4.78 is 5.82. The molecule has 1 aromatic rings. The summed E-state index contributed by atoms with van der Waals surface area (Å²) in [4.78, 5) is 17.5. The molecule has 136 valence electrons. The van der Waals surface area contributed by atoms with Crippen molar-refractivity contribution in [1.29, 1.82) is 0 Å². The van der Waals surface area contributed by atoms with E-state index in [4.69, 9.17) is 4.74 Å². The lowest BCUT2D eigenvalue weighted by Gasteiger charge is -2.33. The van der Waals surface area contributed by atoms with E-state index in [9.17, 15) is 4.79 Å². The number of benzene rings is 1. The van der Waals surface area contributed by atoms with Gasteiger partial charge in [0.05, 0.1) is 12.7 Å². The average Bonchev–Trinajstić information content (AvgIpc) is 3.38. The molecule has 25 heavy (non-hydrogen) atoms. The maximum Gasteiger partial charge on any atom is 0.251 e. The number of carbonyl (C=O) groups excluding carboxylic acids is 1. The number of ether oxygens (including phenoxy) is 1. The van der Waals surface area contributed by atoms with Crippen molar-refractivity contribution >= 4 is 5.91 Å². The lowest BCUT2D eigenvalue weighted by molar-refractivity contribution is -0.0293. The summed E-state index contributed by atoms with van der Waals surface area (Å²) in [6.45, 7) is 6.65. The highest BCUT2D eigenvalue weighted by Crippen LogP contribution is 2.28. The summed E-state index contributed by atoms with van der Waals surface area (Å²) in [6.07, 6.45) is 5.34. The Kier molecular flexibility index (Phi) is 5.34. The van der Waals surface area contributed by atoms with Crippen LogP contribution in [0.1, 0.15) is 41.6 Å². The summed E-state index contributed by atoms with van der Waals surface area (Å²) in [5, 5.41) is 3.07. The highest BCUT2D eigenvalue weighted by atomic mass is 16.5. The summed E-state index contributed by atoms with van der Waals surface area (Å²) in [5.74, 6) is 0.00965. The van der Waals surface area contributed by atoms with Crippen molar-refractivity contribution in [3.05, 3.63) is 35.4 Å². The molecule has 2 saturated heterocycles. The molecule has 0 aromatic heterocycles. The van der Waals surface area contributed by atoms with E-state index in [-0.39, 0.29) is 12.0 Å². The predicted octanol–water partition coefficient (Wildman–Crippen LogP) is 1.88. The van der Waals surface area contributed by atoms with Gasteiger partial charge in [-0.3, -0.25) is 14.6 Å². The summed E-state index contributed by atoms with van der Waals surface area (Å²) >= 11 is 0. The van der Waals surface area contributed by atoms with Crippen LogP contribution in [0.4, 0.5) is 0 Å². The molecule has 4 rings (SSSR count). The van der Waals surface area contributed by atoms with Gasteiger partial charge in [-0.05, 0) is 56.5 Å². The fourth-order valence-electron chi connectivity index (χ4n) is 3.96. The number of nitrogens with one attached hydrogen (secondary N) is 1. The van der Waals surface area contributed by atoms with Crippen LogP contribution in [0.5, 0.6) is 0 Å². The van der Waals surface area contributed by atoms with Gasteiger partial charge in [-0.1, -0.05) is 12.1 Å². The van der Waals surface area contributed by atoms with Crippen molar-refractivity contribution in [1.82, 2.24) is 15.1 Å². The molecule has 5 nitrogen and oxygen atoms in total. The van der Waals surface area contributed by atoms with Crippen LogP contribution in [0.25, 0.3) is 0 Å². The van der Waals surface area contributed by atoms with Gasteiger partial charge < -0.3 is 10.1 Å². The molecule has 0 unspecified atom stereocenters. The van der Waals surface area contributed by atoms with Crippen molar-refractivity contribution < 1.29 is 9.53 Å². The lowest BCUT2D eigenvalue weighted by Crippen LogP contribution is -2.48. The third-order valence-corrected chi connectivity index (χ3v) is 5.52. The molecule has 3 fully saturated rings. The molecule has 1 N–H and O–H groups in total. The second kappa shape index (κ2) is 7.85. The maximum absolute atomic E-state index is 12.5. The van der Waals surface area contributed by atoms with Crippen LogP contribution < -0.4 is 5.32 Å². The van der Waals surface area contributed by atoms with E-state index < -0.39 is 0 Å². The molecule has 1 saturated carbocycles. The van der Waals surface area contributed by atoms with Crippen molar-refractivity contribution in [2.75, 3.05) is 39.3 Å². The van der Waals surface area contributed by atoms with Crippen LogP contribution in [0, 0.1) is 0 Å². The lowest BCUT2D eigenvalue weighted by atomic mass is 10.1.